The first-order chi connectivity index (χ1) is 8.03. The maximum absolute atomic E-state index is 11.7. The smallest absolute Gasteiger partial charge is 0.409 e. The van der Waals surface area contributed by atoms with E-state index >= 15 is 0 Å². The van der Waals surface area contributed by atoms with E-state index in [9.17, 15) is 4.79 Å². The molecule has 1 saturated heterocycles. The average Bonchev–Trinajstić information content (AvgIpc) is 2.36. The molecule has 1 heterocycles. The molecule has 100 valence electrons. The minimum absolute atomic E-state index is 0.222. The van der Waals surface area contributed by atoms with Crippen LogP contribution in [0.2, 0.25) is 0 Å². The monoisotopic (exact) mass is 244 g/mol. The molecule has 0 aromatic heterocycles. The van der Waals surface area contributed by atoms with Gasteiger partial charge in [-0.15, -0.1) is 0 Å². The highest BCUT2D eigenvalue weighted by Gasteiger charge is 2.35. The van der Waals surface area contributed by atoms with Crippen LogP contribution in [0.25, 0.3) is 0 Å². The van der Waals surface area contributed by atoms with Crippen molar-refractivity contribution in [2.24, 2.45) is 11.7 Å². The number of rotatable bonds is 4. The third-order valence-electron chi connectivity index (χ3n) is 3.28. The second kappa shape index (κ2) is 6.21. The zero-order valence-electron chi connectivity index (χ0n) is 11.1. The highest BCUT2D eigenvalue weighted by molar-refractivity contribution is 5.67. The van der Waals surface area contributed by atoms with Crippen LogP contribution in [0.5, 0.6) is 0 Å². The van der Waals surface area contributed by atoms with E-state index in [0.717, 1.165) is 12.8 Å². The lowest BCUT2D eigenvalue weighted by Gasteiger charge is -2.39. The molecule has 0 aromatic rings. The van der Waals surface area contributed by atoms with Crippen LogP contribution in [0.1, 0.15) is 26.7 Å². The fourth-order valence-corrected chi connectivity index (χ4v) is 1.92. The van der Waals surface area contributed by atoms with Crippen molar-refractivity contribution < 1.29 is 14.3 Å². The molecule has 17 heavy (non-hydrogen) atoms. The number of carbonyl (C=O) groups excluding carboxylic acids is 1. The van der Waals surface area contributed by atoms with Crippen LogP contribution in [0.3, 0.4) is 0 Å². The molecular formula is C12H24N2O3. The first-order valence-electron chi connectivity index (χ1n) is 6.20. The van der Waals surface area contributed by atoms with Gasteiger partial charge in [-0.3, -0.25) is 0 Å². The van der Waals surface area contributed by atoms with E-state index in [2.05, 4.69) is 0 Å². The Hall–Kier alpha value is -0.810. The Kier molecular flexibility index (Phi) is 5.21. The lowest BCUT2D eigenvalue weighted by molar-refractivity contribution is -0.0483. The number of nitrogens with two attached hydrogens (primary N) is 1. The Morgan fingerprint density at radius 3 is 2.41 bits per heavy atom. The Labute approximate surface area is 103 Å². The van der Waals surface area contributed by atoms with E-state index in [-0.39, 0.29) is 11.7 Å². The molecule has 5 nitrogen and oxygen atoms in total. The van der Waals surface area contributed by atoms with Gasteiger partial charge in [0.05, 0.1) is 12.2 Å². The quantitative estimate of drug-likeness (QED) is 0.807. The maximum Gasteiger partial charge on any atom is 0.409 e. The van der Waals surface area contributed by atoms with E-state index in [1.807, 2.05) is 13.8 Å². The summed E-state index contributed by atoms with van der Waals surface area (Å²) in [6.45, 7) is 6.33. The van der Waals surface area contributed by atoms with Crippen molar-refractivity contribution in [2.75, 3.05) is 33.4 Å². The molecule has 0 aliphatic carbocycles. The molecule has 1 amide bonds. The minimum Gasteiger partial charge on any atom is -0.449 e. The third kappa shape index (κ3) is 3.85. The van der Waals surface area contributed by atoms with Gasteiger partial charge in [-0.1, -0.05) is 13.8 Å². The van der Waals surface area contributed by atoms with Gasteiger partial charge in [0.2, 0.25) is 0 Å². The summed E-state index contributed by atoms with van der Waals surface area (Å²) in [5, 5.41) is 0. The summed E-state index contributed by atoms with van der Waals surface area (Å²) >= 11 is 0. The Balaban J connectivity index is 2.38. The van der Waals surface area contributed by atoms with Crippen molar-refractivity contribution in [3.05, 3.63) is 0 Å². The Bertz CT molecular complexity index is 242. The average molecular weight is 244 g/mol. The number of methoxy groups -OCH3 is 1. The van der Waals surface area contributed by atoms with Crippen LogP contribution in [0.4, 0.5) is 4.79 Å². The SMILES string of the molecule is COC1(CN)CCN(C(=O)OCC(C)C)CC1. The van der Waals surface area contributed by atoms with Gasteiger partial charge in [0, 0.05) is 26.7 Å². The first kappa shape index (κ1) is 14.3. The van der Waals surface area contributed by atoms with Crippen LogP contribution >= 0.6 is 0 Å². The fourth-order valence-electron chi connectivity index (χ4n) is 1.92. The molecule has 0 bridgehead atoms. The number of nitrogens with zero attached hydrogens (tertiary/aromatic N) is 1. The van der Waals surface area contributed by atoms with Gasteiger partial charge < -0.3 is 20.1 Å². The van der Waals surface area contributed by atoms with Gasteiger partial charge in [-0.25, -0.2) is 4.79 Å². The highest BCUT2D eigenvalue weighted by Crippen LogP contribution is 2.24. The van der Waals surface area contributed by atoms with Crippen LogP contribution in [0.15, 0.2) is 0 Å². The maximum atomic E-state index is 11.7. The summed E-state index contributed by atoms with van der Waals surface area (Å²) in [5.74, 6) is 0.367. The number of amides is 1. The Morgan fingerprint density at radius 2 is 2.00 bits per heavy atom. The van der Waals surface area contributed by atoms with Gasteiger partial charge in [0.25, 0.3) is 0 Å². The number of ether oxygens (including phenoxy) is 2. The third-order valence-corrected chi connectivity index (χ3v) is 3.28. The standard InChI is InChI=1S/C12H24N2O3/c1-10(2)8-17-11(15)14-6-4-12(9-13,16-3)5-7-14/h10H,4-9,13H2,1-3H3. The predicted octanol–water partition coefficient (Wildman–Crippen LogP) is 1.22. The normalized spacial score (nSPS) is 19.5. The van der Waals surface area contributed by atoms with E-state index in [1.165, 1.54) is 0 Å². The zero-order valence-corrected chi connectivity index (χ0v) is 11.1. The minimum atomic E-state index is -0.255. The van der Waals surface area contributed by atoms with E-state index < -0.39 is 0 Å². The molecule has 1 aliphatic heterocycles. The van der Waals surface area contributed by atoms with Gasteiger partial charge in [-0.2, -0.15) is 0 Å². The van der Waals surface area contributed by atoms with E-state index in [4.69, 9.17) is 15.2 Å². The molecule has 1 aliphatic rings. The number of hydrogen-bond acceptors (Lipinski definition) is 4. The van der Waals surface area contributed by atoms with Crippen molar-refractivity contribution in [3.8, 4) is 0 Å². The summed E-state index contributed by atoms with van der Waals surface area (Å²) in [4.78, 5) is 13.5. The molecule has 1 fully saturated rings. The molecule has 5 heteroatoms. The molecule has 0 aromatic carbocycles. The summed E-state index contributed by atoms with van der Waals surface area (Å²) in [6.07, 6.45) is 1.33. The second-order valence-corrected chi connectivity index (χ2v) is 5.05. The lowest BCUT2D eigenvalue weighted by Crippen LogP contribution is -2.51. The predicted molar refractivity (Wildman–Crippen MR) is 65.8 cm³/mol. The molecule has 2 N–H and O–H groups in total. The van der Waals surface area contributed by atoms with Crippen LogP contribution in [0, 0.1) is 5.92 Å². The lowest BCUT2D eigenvalue weighted by atomic mass is 9.91. The highest BCUT2D eigenvalue weighted by atomic mass is 16.6. The molecule has 0 saturated carbocycles. The number of likely N-dealkylation sites (tertiary alicyclic amines) is 1. The number of carbonyl (C=O) groups is 1. The topological polar surface area (TPSA) is 64.8 Å². The van der Waals surface area contributed by atoms with Gasteiger partial charge in [0.15, 0.2) is 0 Å². The first-order valence-corrected chi connectivity index (χ1v) is 6.20. The molecular weight excluding hydrogens is 220 g/mol. The van der Waals surface area contributed by atoms with Gasteiger partial charge in [-0.05, 0) is 18.8 Å². The van der Waals surface area contributed by atoms with Crippen molar-refractivity contribution in [2.45, 2.75) is 32.3 Å². The van der Waals surface area contributed by atoms with Crippen LogP contribution in [-0.2, 0) is 9.47 Å². The van der Waals surface area contributed by atoms with Crippen molar-refractivity contribution in [3.63, 3.8) is 0 Å². The number of hydrogen-bond donors (Lipinski definition) is 1. The van der Waals surface area contributed by atoms with E-state index in [1.54, 1.807) is 12.0 Å². The van der Waals surface area contributed by atoms with Gasteiger partial charge >= 0.3 is 6.09 Å². The zero-order chi connectivity index (χ0) is 12.9. The van der Waals surface area contributed by atoms with E-state index in [0.29, 0.717) is 32.2 Å². The summed E-state index contributed by atoms with van der Waals surface area (Å²) in [5.41, 5.74) is 5.45. The molecule has 0 radical (unpaired) electrons. The van der Waals surface area contributed by atoms with Crippen molar-refractivity contribution in [1.82, 2.24) is 4.90 Å². The molecule has 0 atom stereocenters. The summed E-state index contributed by atoms with van der Waals surface area (Å²) in [6, 6.07) is 0. The van der Waals surface area contributed by atoms with Crippen LogP contribution < -0.4 is 5.73 Å². The summed E-state index contributed by atoms with van der Waals surface area (Å²) < 4.78 is 10.6. The molecule has 0 unspecified atom stereocenters. The van der Waals surface area contributed by atoms with Crippen molar-refractivity contribution >= 4 is 6.09 Å². The molecule has 1 rings (SSSR count). The van der Waals surface area contributed by atoms with Crippen molar-refractivity contribution in [1.29, 1.82) is 0 Å². The summed E-state index contributed by atoms with van der Waals surface area (Å²) in [7, 11) is 1.68. The van der Waals surface area contributed by atoms with Gasteiger partial charge in [0.1, 0.15) is 0 Å². The van der Waals surface area contributed by atoms with Crippen LogP contribution in [-0.4, -0.2) is 49.9 Å². The Morgan fingerprint density at radius 1 is 1.41 bits per heavy atom. The second-order valence-electron chi connectivity index (χ2n) is 5.05. The largest absolute Gasteiger partial charge is 0.449 e. The number of piperidine rings is 1. The fraction of sp³-hybridized carbons (Fsp3) is 0.917. The molecule has 0 spiro atoms.